The second-order valence-electron chi connectivity index (χ2n) is 13.4. The fourth-order valence-electron chi connectivity index (χ4n) is 7.73. The highest BCUT2D eigenvalue weighted by atomic mass is 35.5. The molecule has 2 saturated heterocycles. The van der Waals surface area contributed by atoms with E-state index in [1.165, 1.54) is 4.90 Å². The number of allylic oxidation sites excluding steroid dienone is 1. The Bertz CT molecular complexity index is 1610. The number of cyclic esters (lactones) is 1. The summed E-state index contributed by atoms with van der Waals surface area (Å²) in [6.07, 6.45) is 6.31. The number of nitrogens with zero attached hydrogens (tertiary/aromatic N) is 2. The Morgan fingerprint density at radius 2 is 1.81 bits per heavy atom. The topological polar surface area (TPSA) is 125 Å². The van der Waals surface area contributed by atoms with E-state index < -0.39 is 59.5 Å². The zero-order valence-electron chi connectivity index (χ0n) is 27.4. The SMILES string of the molecule is Cc1cccc(Cl)c1N1CC=C[C@@]23O[C@H]4/C=C\CCC(=O)NC[C@H](c5ccccc5)OC(=O)[C@H]4[C@@H]2C(=O)N([C@@H](CO)CC(C)C)[C@H]3C1=O. The minimum absolute atomic E-state index is 0.0561. The lowest BCUT2D eigenvalue weighted by Crippen LogP contribution is -2.58. The van der Waals surface area contributed by atoms with E-state index in [0.717, 1.165) is 5.56 Å². The van der Waals surface area contributed by atoms with Gasteiger partial charge in [-0.15, -0.1) is 0 Å². The second-order valence-corrected chi connectivity index (χ2v) is 13.8. The van der Waals surface area contributed by atoms with Crippen molar-refractivity contribution in [2.45, 2.75) is 69.9 Å². The highest BCUT2D eigenvalue weighted by Gasteiger charge is 2.72. The molecule has 0 saturated carbocycles. The van der Waals surface area contributed by atoms with Crippen molar-refractivity contribution in [3.63, 3.8) is 0 Å². The first kappa shape index (κ1) is 33.9. The van der Waals surface area contributed by atoms with Crippen LogP contribution in [-0.2, 0) is 28.7 Å². The molecule has 10 nitrogen and oxygen atoms in total. The number of aliphatic hydroxyl groups excluding tert-OH is 1. The lowest BCUT2D eigenvalue weighted by Gasteiger charge is -2.39. The van der Waals surface area contributed by atoms with E-state index in [2.05, 4.69) is 5.32 Å². The molecule has 2 fully saturated rings. The number of likely N-dealkylation sites (tertiary alicyclic amines) is 1. The van der Waals surface area contributed by atoms with Crippen molar-refractivity contribution in [3.05, 3.63) is 89.0 Å². The third-order valence-electron chi connectivity index (χ3n) is 9.79. The van der Waals surface area contributed by atoms with Crippen molar-refractivity contribution >= 4 is 41.0 Å². The maximum Gasteiger partial charge on any atom is 0.313 e. The molecule has 48 heavy (non-hydrogen) atoms. The van der Waals surface area contributed by atoms with Gasteiger partial charge < -0.3 is 29.7 Å². The summed E-state index contributed by atoms with van der Waals surface area (Å²) in [5.74, 6) is -3.85. The van der Waals surface area contributed by atoms with Crippen LogP contribution in [0.5, 0.6) is 0 Å². The van der Waals surface area contributed by atoms with Crippen LogP contribution < -0.4 is 10.2 Å². The lowest BCUT2D eigenvalue weighted by molar-refractivity contribution is -0.160. The zero-order valence-corrected chi connectivity index (χ0v) is 28.1. The summed E-state index contributed by atoms with van der Waals surface area (Å²) in [6, 6.07) is 12.6. The third kappa shape index (κ3) is 6.06. The molecule has 2 N–H and O–H groups in total. The number of halogens is 1. The van der Waals surface area contributed by atoms with E-state index in [1.807, 2.05) is 63.2 Å². The molecule has 0 bridgehead atoms. The van der Waals surface area contributed by atoms with Gasteiger partial charge in [0.15, 0.2) is 0 Å². The average molecular weight is 676 g/mol. The number of nitrogens with one attached hydrogen (secondary N) is 1. The summed E-state index contributed by atoms with van der Waals surface area (Å²) < 4.78 is 13.0. The van der Waals surface area contributed by atoms with E-state index in [-0.39, 0.29) is 37.9 Å². The van der Waals surface area contributed by atoms with Crippen LogP contribution in [0.1, 0.15) is 50.3 Å². The van der Waals surface area contributed by atoms with Gasteiger partial charge in [0, 0.05) is 13.0 Å². The van der Waals surface area contributed by atoms with Crippen LogP contribution in [0.4, 0.5) is 5.69 Å². The predicted molar refractivity (Wildman–Crippen MR) is 180 cm³/mol. The first-order valence-electron chi connectivity index (χ1n) is 16.6. The molecule has 254 valence electrons. The highest BCUT2D eigenvalue weighted by Crippen LogP contribution is 2.54. The average Bonchev–Trinajstić information content (AvgIpc) is 3.45. The maximum atomic E-state index is 14.9. The summed E-state index contributed by atoms with van der Waals surface area (Å²) in [4.78, 5) is 59.8. The smallest absolute Gasteiger partial charge is 0.313 e. The molecule has 11 heteroatoms. The van der Waals surface area contributed by atoms with Gasteiger partial charge in [0.2, 0.25) is 11.8 Å². The minimum atomic E-state index is -1.54. The Morgan fingerprint density at radius 1 is 1.04 bits per heavy atom. The number of carbonyl (C=O) groups is 4. The van der Waals surface area contributed by atoms with Crippen molar-refractivity contribution in [1.82, 2.24) is 10.2 Å². The number of para-hydroxylation sites is 1. The number of anilines is 1. The molecule has 6 rings (SSSR count). The largest absolute Gasteiger partial charge is 0.455 e. The summed E-state index contributed by atoms with van der Waals surface area (Å²) in [6.45, 7) is 5.67. The van der Waals surface area contributed by atoms with Crippen molar-refractivity contribution in [3.8, 4) is 0 Å². The first-order valence-corrected chi connectivity index (χ1v) is 17.0. The van der Waals surface area contributed by atoms with Gasteiger partial charge in [-0.25, -0.2) is 0 Å². The zero-order chi connectivity index (χ0) is 34.2. The minimum Gasteiger partial charge on any atom is -0.455 e. The molecule has 4 aliphatic rings. The predicted octanol–water partition coefficient (Wildman–Crippen LogP) is 4.29. The highest BCUT2D eigenvalue weighted by molar-refractivity contribution is 6.34. The van der Waals surface area contributed by atoms with Crippen LogP contribution in [0.2, 0.25) is 5.02 Å². The van der Waals surface area contributed by atoms with Crippen molar-refractivity contribution in [2.75, 3.05) is 24.6 Å². The van der Waals surface area contributed by atoms with Gasteiger partial charge in [0.05, 0.1) is 41.9 Å². The van der Waals surface area contributed by atoms with Gasteiger partial charge in [-0.2, -0.15) is 0 Å². The third-order valence-corrected chi connectivity index (χ3v) is 10.1. The monoisotopic (exact) mass is 675 g/mol. The Hall–Kier alpha value is -3.99. The fourth-order valence-corrected chi connectivity index (χ4v) is 8.05. The van der Waals surface area contributed by atoms with Gasteiger partial charge in [-0.3, -0.25) is 19.2 Å². The molecule has 1 spiro atoms. The standard InChI is InChI=1S/C37H42ClN3O7/c1-22(2)19-25(21-42)41-33-35(45)40(32-23(3)11-9-14-26(32)38)18-10-17-37(33)31(34(41)44)30-27(48-37)15-7-8-16-29(43)39-20-28(47-36(30)46)24-12-5-4-6-13-24/h4-7,9-15,17,22,25,27-28,30-31,33,42H,8,16,18-21H2,1-3H3,(H,39,43)/b15-7-/t25-,27+,28-,30-,31-,33+,37-/m1/s1. The number of rotatable bonds is 6. The molecule has 0 radical (unpaired) electrons. The van der Waals surface area contributed by atoms with Gasteiger partial charge in [0.25, 0.3) is 5.91 Å². The van der Waals surface area contributed by atoms with Crippen LogP contribution >= 0.6 is 11.6 Å². The quantitative estimate of drug-likeness (QED) is 0.346. The van der Waals surface area contributed by atoms with E-state index >= 15 is 0 Å². The molecule has 0 unspecified atom stereocenters. The second kappa shape index (κ2) is 13.9. The number of carbonyl (C=O) groups excluding carboxylic acids is 4. The number of benzene rings is 2. The summed E-state index contributed by atoms with van der Waals surface area (Å²) in [7, 11) is 0. The summed E-state index contributed by atoms with van der Waals surface area (Å²) >= 11 is 6.68. The molecule has 4 aliphatic heterocycles. The molecule has 4 heterocycles. The van der Waals surface area contributed by atoms with Gasteiger partial charge in [-0.1, -0.05) is 92.2 Å². The molecule has 0 aromatic heterocycles. The molecule has 7 atom stereocenters. The number of hydrogen-bond acceptors (Lipinski definition) is 7. The summed E-state index contributed by atoms with van der Waals surface area (Å²) in [5, 5.41) is 13.9. The van der Waals surface area contributed by atoms with E-state index in [1.54, 1.807) is 35.3 Å². The number of amides is 3. The van der Waals surface area contributed by atoms with Gasteiger partial charge >= 0.3 is 5.97 Å². The van der Waals surface area contributed by atoms with E-state index in [9.17, 15) is 24.3 Å². The van der Waals surface area contributed by atoms with Crippen LogP contribution in [0.25, 0.3) is 0 Å². The van der Waals surface area contributed by atoms with Gasteiger partial charge in [-0.05, 0) is 42.9 Å². The van der Waals surface area contributed by atoms with Crippen molar-refractivity contribution in [1.29, 1.82) is 0 Å². The van der Waals surface area contributed by atoms with Gasteiger partial charge in [0.1, 0.15) is 23.7 Å². The Morgan fingerprint density at radius 3 is 2.52 bits per heavy atom. The summed E-state index contributed by atoms with van der Waals surface area (Å²) in [5.41, 5.74) is 0.452. The van der Waals surface area contributed by atoms with Crippen LogP contribution in [0.15, 0.2) is 72.8 Å². The Balaban J connectivity index is 1.48. The van der Waals surface area contributed by atoms with Crippen molar-refractivity contribution < 1.29 is 33.8 Å². The number of hydrogen-bond donors (Lipinski definition) is 2. The Kier molecular flexibility index (Phi) is 9.79. The Labute approximate surface area is 285 Å². The first-order chi connectivity index (χ1) is 23.1. The normalized spacial score (nSPS) is 30.4. The van der Waals surface area contributed by atoms with E-state index in [0.29, 0.717) is 29.1 Å². The number of aryl methyl sites for hydroxylation is 1. The maximum absolute atomic E-state index is 14.9. The molecule has 3 amide bonds. The van der Waals surface area contributed by atoms with Crippen molar-refractivity contribution in [2.24, 2.45) is 17.8 Å². The molecule has 2 aromatic rings. The number of ether oxygens (including phenoxy) is 2. The lowest BCUT2D eigenvalue weighted by atomic mass is 9.77. The van der Waals surface area contributed by atoms with Crippen LogP contribution in [-0.4, -0.2) is 77.2 Å². The van der Waals surface area contributed by atoms with Crippen LogP contribution in [0.3, 0.4) is 0 Å². The molecule has 0 aliphatic carbocycles. The number of esters is 1. The fraction of sp³-hybridized carbons (Fsp3) is 0.459. The number of aliphatic hydroxyl groups is 1. The van der Waals surface area contributed by atoms with E-state index in [4.69, 9.17) is 21.1 Å². The number of fused-ring (bicyclic) bond motifs is 2. The van der Waals surface area contributed by atoms with Crippen LogP contribution in [0, 0.1) is 24.7 Å². The molecule has 2 aromatic carbocycles. The molecular formula is C37H42ClN3O7. The molecular weight excluding hydrogens is 634 g/mol.